The minimum Gasteiger partial charge on any atom is -0.299 e. The number of Topliss-reactive ketones (excluding diaryl/α,β-unsaturated/α-hetero) is 1. The van der Waals surface area contributed by atoms with Crippen molar-refractivity contribution in [3.8, 4) is 0 Å². The second kappa shape index (κ2) is 3.71. The van der Waals surface area contributed by atoms with Crippen molar-refractivity contribution in [3.63, 3.8) is 0 Å². The summed E-state index contributed by atoms with van der Waals surface area (Å²) in [6.07, 6.45) is 2.15. The van der Waals surface area contributed by atoms with E-state index in [2.05, 4.69) is 0 Å². The lowest BCUT2D eigenvalue weighted by molar-refractivity contribution is -0.116. The maximum absolute atomic E-state index is 10.7. The van der Waals surface area contributed by atoms with E-state index in [4.69, 9.17) is 0 Å². The van der Waals surface area contributed by atoms with E-state index < -0.39 is 9.84 Å². The summed E-state index contributed by atoms with van der Waals surface area (Å²) < 4.78 is 21.0. The van der Waals surface area contributed by atoms with E-state index in [-0.39, 0.29) is 11.5 Å². The van der Waals surface area contributed by atoms with Crippen LogP contribution < -0.4 is 0 Å². The fourth-order valence-corrected chi connectivity index (χ4v) is 1.37. The molecule has 0 atom stereocenters. The highest BCUT2D eigenvalue weighted by Gasteiger charge is 2.08. The Labute approximate surface area is 61.4 Å². The summed E-state index contributed by atoms with van der Waals surface area (Å²) >= 11 is 0. The fraction of sp³-hybridized carbons (Fsp3) is 0.833. The molecule has 0 fully saturated rings. The smallest absolute Gasteiger partial charge is 0.154 e. The van der Waals surface area contributed by atoms with Crippen LogP contribution >= 0.6 is 0 Å². The van der Waals surface area contributed by atoms with Gasteiger partial charge in [0.25, 0.3) is 0 Å². The van der Waals surface area contributed by atoms with E-state index in [0.29, 0.717) is 12.8 Å². The monoisotopic (exact) mass is 164 g/mol. The molecule has 0 saturated heterocycles. The molecule has 3 nitrogen and oxygen atoms in total. The van der Waals surface area contributed by atoms with E-state index in [0.717, 1.165) is 6.26 Å². The van der Waals surface area contributed by atoms with Gasteiger partial charge in [0.2, 0.25) is 0 Å². The Kier molecular flexibility index (Phi) is 3.57. The molecule has 0 spiro atoms. The SMILES string of the molecule is CCCC(=O)CS(C)(=O)=O. The van der Waals surface area contributed by atoms with E-state index in [1.807, 2.05) is 6.92 Å². The molecule has 10 heavy (non-hydrogen) atoms. The molecule has 0 saturated carbocycles. The normalized spacial score (nSPS) is 11.4. The summed E-state index contributed by atoms with van der Waals surface area (Å²) in [4.78, 5) is 10.7. The highest BCUT2D eigenvalue weighted by Crippen LogP contribution is 1.92. The van der Waals surface area contributed by atoms with Gasteiger partial charge >= 0.3 is 0 Å². The van der Waals surface area contributed by atoms with Gasteiger partial charge in [-0.3, -0.25) is 4.79 Å². The molecule has 0 radical (unpaired) electrons. The molecule has 60 valence electrons. The predicted octanol–water partition coefficient (Wildman–Crippen LogP) is 0.400. The first-order valence-corrected chi connectivity index (χ1v) is 5.21. The molecule has 0 aliphatic carbocycles. The van der Waals surface area contributed by atoms with E-state index in [9.17, 15) is 13.2 Å². The molecule has 0 aromatic heterocycles. The van der Waals surface area contributed by atoms with Crippen LogP contribution in [0.1, 0.15) is 19.8 Å². The maximum atomic E-state index is 10.7. The highest BCUT2D eigenvalue weighted by atomic mass is 32.2. The topological polar surface area (TPSA) is 51.2 Å². The lowest BCUT2D eigenvalue weighted by atomic mass is 10.3. The van der Waals surface area contributed by atoms with Crippen LogP contribution in [0.25, 0.3) is 0 Å². The summed E-state index contributed by atoms with van der Waals surface area (Å²) in [6, 6.07) is 0. The molecule has 4 heteroatoms. The molecule has 0 unspecified atom stereocenters. The largest absolute Gasteiger partial charge is 0.299 e. The molecular weight excluding hydrogens is 152 g/mol. The summed E-state index contributed by atoms with van der Waals surface area (Å²) in [5.41, 5.74) is 0. The van der Waals surface area contributed by atoms with Gasteiger partial charge in [-0.1, -0.05) is 6.92 Å². The number of carbonyl (C=O) groups is 1. The first-order valence-electron chi connectivity index (χ1n) is 3.15. The summed E-state index contributed by atoms with van der Waals surface area (Å²) in [6.45, 7) is 1.85. The van der Waals surface area contributed by atoms with Crippen molar-refractivity contribution in [2.45, 2.75) is 19.8 Å². The van der Waals surface area contributed by atoms with Gasteiger partial charge in [0.15, 0.2) is 9.84 Å². The molecule has 0 N–H and O–H groups in total. The highest BCUT2D eigenvalue weighted by molar-refractivity contribution is 7.91. The molecule has 0 rings (SSSR count). The first-order chi connectivity index (χ1) is 4.45. The molecular formula is C6H12O3S. The van der Waals surface area contributed by atoms with Crippen LogP contribution in [-0.4, -0.2) is 26.2 Å². The number of sulfone groups is 1. The third-order valence-corrected chi connectivity index (χ3v) is 1.80. The van der Waals surface area contributed by atoms with Gasteiger partial charge in [0, 0.05) is 12.7 Å². The Morgan fingerprint density at radius 3 is 2.20 bits per heavy atom. The molecule has 0 aliphatic rings. The maximum Gasteiger partial charge on any atom is 0.154 e. The van der Waals surface area contributed by atoms with Gasteiger partial charge in [-0.05, 0) is 6.42 Å². The number of hydrogen-bond donors (Lipinski definition) is 0. The van der Waals surface area contributed by atoms with Crippen LogP contribution in [0.2, 0.25) is 0 Å². The fourth-order valence-electron chi connectivity index (χ4n) is 0.643. The molecule has 0 amide bonds. The second-order valence-electron chi connectivity index (χ2n) is 2.36. The van der Waals surface area contributed by atoms with E-state index >= 15 is 0 Å². The standard InChI is InChI=1S/C6H12O3S/c1-3-4-6(7)5-10(2,8)9/h3-5H2,1-2H3. The number of hydrogen-bond acceptors (Lipinski definition) is 3. The van der Waals surface area contributed by atoms with Gasteiger partial charge in [-0.2, -0.15) is 0 Å². The lowest BCUT2D eigenvalue weighted by Crippen LogP contribution is -2.13. The van der Waals surface area contributed by atoms with Crippen LogP contribution in [0, 0.1) is 0 Å². The summed E-state index contributed by atoms with van der Waals surface area (Å²) in [5.74, 6) is -0.495. The zero-order chi connectivity index (χ0) is 8.20. The van der Waals surface area contributed by atoms with Crippen molar-refractivity contribution < 1.29 is 13.2 Å². The van der Waals surface area contributed by atoms with Crippen molar-refractivity contribution in [2.24, 2.45) is 0 Å². The molecule has 0 aromatic rings. The van der Waals surface area contributed by atoms with E-state index in [1.54, 1.807) is 0 Å². The van der Waals surface area contributed by atoms with Crippen molar-refractivity contribution in [1.82, 2.24) is 0 Å². The zero-order valence-electron chi connectivity index (χ0n) is 6.25. The van der Waals surface area contributed by atoms with Crippen molar-refractivity contribution >= 4 is 15.6 Å². The average molecular weight is 164 g/mol. The Morgan fingerprint density at radius 1 is 1.40 bits per heavy atom. The van der Waals surface area contributed by atoms with Crippen molar-refractivity contribution in [2.75, 3.05) is 12.0 Å². The summed E-state index contributed by atoms with van der Waals surface area (Å²) in [7, 11) is -3.10. The van der Waals surface area contributed by atoms with Crippen LogP contribution in [0.3, 0.4) is 0 Å². The van der Waals surface area contributed by atoms with Gasteiger partial charge in [0.1, 0.15) is 11.5 Å². The third-order valence-electron chi connectivity index (χ3n) is 0.952. The Hall–Kier alpha value is -0.380. The van der Waals surface area contributed by atoms with Gasteiger partial charge in [-0.15, -0.1) is 0 Å². The number of rotatable bonds is 4. The quantitative estimate of drug-likeness (QED) is 0.604. The Balaban J connectivity index is 3.82. The molecule has 0 aromatic carbocycles. The van der Waals surface area contributed by atoms with Crippen molar-refractivity contribution in [1.29, 1.82) is 0 Å². The third kappa shape index (κ3) is 5.75. The van der Waals surface area contributed by atoms with Crippen LogP contribution in [0.4, 0.5) is 0 Å². The molecule has 0 bridgehead atoms. The van der Waals surface area contributed by atoms with Gasteiger partial charge in [-0.25, -0.2) is 8.42 Å². The Bertz CT molecular complexity index is 203. The van der Waals surface area contributed by atoms with Crippen LogP contribution in [-0.2, 0) is 14.6 Å². The predicted molar refractivity (Wildman–Crippen MR) is 39.6 cm³/mol. The average Bonchev–Trinajstić information content (AvgIpc) is 1.59. The van der Waals surface area contributed by atoms with E-state index in [1.165, 1.54) is 0 Å². The van der Waals surface area contributed by atoms with Gasteiger partial charge < -0.3 is 0 Å². The number of ketones is 1. The van der Waals surface area contributed by atoms with Gasteiger partial charge in [0.05, 0.1) is 0 Å². The summed E-state index contributed by atoms with van der Waals surface area (Å²) in [5, 5.41) is 0. The lowest BCUT2D eigenvalue weighted by Gasteiger charge is -1.94. The second-order valence-corrected chi connectivity index (χ2v) is 4.50. The molecule has 0 aliphatic heterocycles. The van der Waals surface area contributed by atoms with Crippen LogP contribution in [0.15, 0.2) is 0 Å². The Morgan fingerprint density at radius 2 is 1.90 bits per heavy atom. The minimum atomic E-state index is -3.10. The number of carbonyl (C=O) groups excluding carboxylic acids is 1. The molecule has 0 heterocycles. The van der Waals surface area contributed by atoms with Crippen molar-refractivity contribution in [3.05, 3.63) is 0 Å². The first kappa shape index (κ1) is 9.62. The van der Waals surface area contributed by atoms with Crippen LogP contribution in [0.5, 0.6) is 0 Å². The zero-order valence-corrected chi connectivity index (χ0v) is 7.07. The minimum absolute atomic E-state index is 0.190.